The van der Waals surface area contributed by atoms with E-state index in [0.29, 0.717) is 18.5 Å². The van der Waals surface area contributed by atoms with Crippen LogP contribution < -0.4 is 10.6 Å². The molecule has 0 radical (unpaired) electrons. The van der Waals surface area contributed by atoms with Crippen molar-refractivity contribution in [3.63, 3.8) is 0 Å². The number of rotatable bonds is 5. The first-order valence-electron chi connectivity index (χ1n) is 8.03. The van der Waals surface area contributed by atoms with Crippen molar-refractivity contribution in [2.24, 2.45) is 10.4 Å². The minimum atomic E-state index is 0.0899. The molecule has 2 aromatic rings. The Morgan fingerprint density at radius 2 is 2.38 bits per heavy atom. The predicted octanol–water partition coefficient (Wildman–Crippen LogP) is 2.88. The van der Waals surface area contributed by atoms with Crippen molar-refractivity contribution in [3.8, 4) is 10.8 Å². The van der Waals surface area contributed by atoms with Gasteiger partial charge in [0.1, 0.15) is 6.26 Å². The molecule has 1 fully saturated rings. The lowest BCUT2D eigenvalue weighted by Gasteiger charge is -2.51. The van der Waals surface area contributed by atoms with Gasteiger partial charge in [0.2, 0.25) is 5.89 Å². The molecule has 1 saturated carbocycles. The average Bonchev–Trinajstić information content (AvgIpc) is 3.24. The highest BCUT2D eigenvalue weighted by Gasteiger charge is 2.48. The third kappa shape index (κ3) is 3.32. The maximum Gasteiger partial charge on any atom is 0.236 e. The van der Waals surface area contributed by atoms with E-state index in [1.165, 1.54) is 0 Å². The number of hydrogen-bond donors (Lipinski definition) is 2. The van der Waals surface area contributed by atoms with Crippen LogP contribution in [0.3, 0.4) is 0 Å². The molecule has 2 aromatic heterocycles. The van der Waals surface area contributed by atoms with Crippen molar-refractivity contribution in [1.29, 1.82) is 0 Å². The summed E-state index contributed by atoms with van der Waals surface area (Å²) in [7, 11) is 3.54. The van der Waals surface area contributed by atoms with Crippen molar-refractivity contribution >= 4 is 17.3 Å². The fraction of sp³-hybridized carbons (Fsp3) is 0.529. The molecule has 2 unspecified atom stereocenters. The fourth-order valence-corrected chi connectivity index (χ4v) is 3.62. The van der Waals surface area contributed by atoms with Gasteiger partial charge in [-0.1, -0.05) is 19.9 Å². The van der Waals surface area contributed by atoms with Crippen LogP contribution in [0.4, 0.5) is 0 Å². The van der Waals surface area contributed by atoms with E-state index in [4.69, 9.17) is 9.15 Å². The number of thiophene rings is 1. The summed E-state index contributed by atoms with van der Waals surface area (Å²) >= 11 is 1.61. The molecule has 0 amide bonds. The third-order valence-electron chi connectivity index (χ3n) is 4.72. The summed E-state index contributed by atoms with van der Waals surface area (Å²) in [6.07, 6.45) is 2.96. The quantitative estimate of drug-likeness (QED) is 0.642. The number of nitrogens with zero attached hydrogens (tertiary/aromatic N) is 2. The Morgan fingerprint density at radius 1 is 1.54 bits per heavy atom. The summed E-state index contributed by atoms with van der Waals surface area (Å²) in [6.45, 7) is 4.98. The van der Waals surface area contributed by atoms with E-state index in [0.717, 1.165) is 23.0 Å². The van der Waals surface area contributed by atoms with Gasteiger partial charge in [0.15, 0.2) is 5.96 Å². The van der Waals surface area contributed by atoms with Gasteiger partial charge in [-0.25, -0.2) is 4.98 Å². The molecule has 6 nitrogen and oxygen atoms in total. The van der Waals surface area contributed by atoms with Crippen molar-refractivity contribution < 1.29 is 9.15 Å². The van der Waals surface area contributed by atoms with Gasteiger partial charge in [-0.05, 0) is 17.9 Å². The maximum absolute atomic E-state index is 5.53. The van der Waals surface area contributed by atoms with Crippen molar-refractivity contribution in [2.45, 2.75) is 39.0 Å². The van der Waals surface area contributed by atoms with Crippen molar-refractivity contribution in [3.05, 3.63) is 29.5 Å². The van der Waals surface area contributed by atoms with E-state index in [2.05, 4.69) is 34.5 Å². The van der Waals surface area contributed by atoms with E-state index >= 15 is 0 Å². The Morgan fingerprint density at radius 3 is 3.00 bits per heavy atom. The van der Waals surface area contributed by atoms with E-state index < -0.39 is 0 Å². The van der Waals surface area contributed by atoms with Crippen LogP contribution in [-0.2, 0) is 11.3 Å². The third-order valence-corrected chi connectivity index (χ3v) is 5.58. The highest BCUT2D eigenvalue weighted by molar-refractivity contribution is 7.13. The Labute approximate surface area is 146 Å². The molecule has 0 bridgehead atoms. The lowest BCUT2D eigenvalue weighted by molar-refractivity contribution is -0.0922. The van der Waals surface area contributed by atoms with Crippen LogP contribution in [0, 0.1) is 5.41 Å². The number of hydrogen-bond acceptors (Lipinski definition) is 5. The lowest BCUT2D eigenvalue weighted by Crippen LogP contribution is -2.63. The van der Waals surface area contributed by atoms with E-state index in [9.17, 15) is 0 Å². The lowest BCUT2D eigenvalue weighted by atomic mass is 9.64. The minimum absolute atomic E-state index is 0.0899. The number of aliphatic imine (C=N–C) groups is 1. The minimum Gasteiger partial charge on any atom is -0.443 e. The molecule has 0 aliphatic heterocycles. The van der Waals surface area contributed by atoms with Gasteiger partial charge >= 0.3 is 0 Å². The Hall–Kier alpha value is -1.86. The topological polar surface area (TPSA) is 71.7 Å². The molecule has 130 valence electrons. The number of methoxy groups -OCH3 is 1. The van der Waals surface area contributed by atoms with Crippen LogP contribution in [0.15, 0.2) is 33.2 Å². The average molecular weight is 348 g/mol. The number of ether oxygens (including phenoxy) is 1. The molecular weight excluding hydrogens is 324 g/mol. The van der Waals surface area contributed by atoms with Gasteiger partial charge in [0.05, 0.1) is 23.2 Å². The molecule has 0 saturated heterocycles. The largest absolute Gasteiger partial charge is 0.443 e. The van der Waals surface area contributed by atoms with Gasteiger partial charge in [-0.2, -0.15) is 0 Å². The summed E-state index contributed by atoms with van der Waals surface area (Å²) in [4.78, 5) is 9.83. The van der Waals surface area contributed by atoms with Gasteiger partial charge in [-0.15, -0.1) is 11.3 Å². The van der Waals surface area contributed by atoms with E-state index in [-0.39, 0.29) is 11.5 Å². The first-order chi connectivity index (χ1) is 11.5. The number of nitrogens with one attached hydrogen (secondary N) is 2. The zero-order chi connectivity index (χ0) is 17.2. The second-order valence-electron chi connectivity index (χ2n) is 6.53. The van der Waals surface area contributed by atoms with Crippen LogP contribution in [0.25, 0.3) is 10.8 Å². The highest BCUT2D eigenvalue weighted by atomic mass is 32.1. The van der Waals surface area contributed by atoms with Crippen LogP contribution in [0.5, 0.6) is 0 Å². The smallest absolute Gasteiger partial charge is 0.236 e. The molecule has 0 aromatic carbocycles. The molecule has 0 spiro atoms. The summed E-state index contributed by atoms with van der Waals surface area (Å²) < 4.78 is 11.0. The van der Waals surface area contributed by atoms with Gasteiger partial charge in [0.25, 0.3) is 0 Å². The van der Waals surface area contributed by atoms with Crippen molar-refractivity contribution in [1.82, 2.24) is 15.6 Å². The summed E-state index contributed by atoms with van der Waals surface area (Å²) in [6, 6.07) is 4.33. The Bertz CT molecular complexity index is 693. The Kier molecular flexibility index (Phi) is 4.91. The standard InChI is InChI=1S/C17H24N4O2S/c1-17(2)13(8-14(17)22-4)21-16(18-3)19-9-11-10-23-15(20-11)12-6-5-7-24-12/h5-7,10,13-14H,8-9H2,1-4H3,(H2,18,19,21). The fourth-order valence-electron chi connectivity index (χ4n) is 2.97. The van der Waals surface area contributed by atoms with Gasteiger partial charge in [-0.3, -0.25) is 4.99 Å². The SMILES string of the molecule is CN=C(NCc1coc(-c2cccs2)n1)NC1CC(OC)C1(C)C. The molecule has 24 heavy (non-hydrogen) atoms. The van der Waals surface area contributed by atoms with Crippen LogP contribution >= 0.6 is 11.3 Å². The summed E-state index contributed by atoms with van der Waals surface area (Å²) in [5.41, 5.74) is 0.941. The Balaban J connectivity index is 1.54. The van der Waals surface area contributed by atoms with E-state index in [1.54, 1.807) is 31.8 Å². The van der Waals surface area contributed by atoms with Crippen LogP contribution in [-0.4, -0.2) is 37.2 Å². The molecule has 2 N–H and O–H groups in total. The predicted molar refractivity (Wildman–Crippen MR) is 96.1 cm³/mol. The number of aromatic nitrogens is 1. The first kappa shape index (κ1) is 17.0. The van der Waals surface area contributed by atoms with Gasteiger partial charge in [0, 0.05) is 25.6 Å². The monoisotopic (exact) mass is 348 g/mol. The molecule has 2 heterocycles. The van der Waals surface area contributed by atoms with Gasteiger partial charge < -0.3 is 19.8 Å². The molecule has 3 rings (SSSR count). The maximum atomic E-state index is 5.53. The van der Waals surface area contributed by atoms with E-state index in [1.807, 2.05) is 17.5 Å². The molecule has 1 aliphatic carbocycles. The molecule has 1 aliphatic rings. The molecular formula is C17H24N4O2S. The zero-order valence-corrected chi connectivity index (χ0v) is 15.3. The second-order valence-corrected chi connectivity index (χ2v) is 7.47. The number of oxazole rings is 1. The number of guanidine groups is 1. The van der Waals surface area contributed by atoms with Crippen LogP contribution in [0.2, 0.25) is 0 Å². The first-order valence-corrected chi connectivity index (χ1v) is 8.90. The summed E-state index contributed by atoms with van der Waals surface area (Å²) in [5, 5.41) is 8.77. The summed E-state index contributed by atoms with van der Waals surface area (Å²) in [5.74, 6) is 1.43. The van der Waals surface area contributed by atoms with Crippen molar-refractivity contribution in [2.75, 3.05) is 14.2 Å². The highest BCUT2D eigenvalue weighted by Crippen LogP contribution is 2.42. The second kappa shape index (κ2) is 6.94. The zero-order valence-electron chi connectivity index (χ0n) is 14.5. The molecule has 2 atom stereocenters. The molecule has 7 heteroatoms. The normalized spacial score (nSPS) is 22.9. The van der Waals surface area contributed by atoms with Crippen LogP contribution in [0.1, 0.15) is 26.0 Å².